The second kappa shape index (κ2) is 7.24. The van der Waals surface area contributed by atoms with Gasteiger partial charge in [-0.1, -0.05) is 0 Å². The van der Waals surface area contributed by atoms with Crippen LogP contribution in [-0.4, -0.2) is 21.7 Å². The lowest BCUT2D eigenvalue weighted by Crippen LogP contribution is -2.21. The van der Waals surface area contributed by atoms with Crippen LogP contribution in [-0.2, 0) is 0 Å². The Hall–Kier alpha value is -3.20. The second-order valence-corrected chi connectivity index (χ2v) is 7.40. The number of hydrogen-bond donors (Lipinski definition) is 2. The van der Waals surface area contributed by atoms with Gasteiger partial charge >= 0.3 is 5.97 Å². The maximum Gasteiger partial charge on any atom is 0.341 e. The molecular weight excluding hydrogens is 404 g/mol. The molecule has 9 heteroatoms. The van der Waals surface area contributed by atoms with Gasteiger partial charge in [0.25, 0.3) is 0 Å². The van der Waals surface area contributed by atoms with Crippen molar-refractivity contribution < 1.29 is 27.5 Å². The number of nitrogens with zero attached hydrogens (tertiary/aromatic N) is 1. The summed E-state index contributed by atoms with van der Waals surface area (Å²) >= 11 is 0. The smallest absolute Gasteiger partial charge is 0.341 e. The highest BCUT2D eigenvalue weighted by atomic mass is 19.1. The SMILES string of the molecule is NC1CCC(c2c(F)cc3c(=O)c(C(=O)O)cn(-c4ccc(F)cc4F)c3c2F)C1. The van der Waals surface area contributed by atoms with Crippen LogP contribution in [0.1, 0.15) is 41.1 Å². The molecule has 30 heavy (non-hydrogen) atoms. The summed E-state index contributed by atoms with van der Waals surface area (Å²) in [6, 6.07) is 2.97. The standard InChI is InChI=1S/C21H16F4N2O3/c22-10-2-4-16(14(23)6-10)27-8-13(21(29)30)20(28)12-7-15(24)17(18(25)19(12)27)9-1-3-11(26)5-9/h2,4,6-9,11H,1,3,5,26H2,(H,29,30). The van der Waals surface area contributed by atoms with Crippen LogP contribution in [0.4, 0.5) is 17.6 Å². The topological polar surface area (TPSA) is 85.3 Å². The van der Waals surface area contributed by atoms with Crippen LogP contribution in [0.25, 0.3) is 16.6 Å². The Morgan fingerprint density at radius 1 is 1.10 bits per heavy atom. The Kier molecular flexibility index (Phi) is 4.85. The third-order valence-corrected chi connectivity index (χ3v) is 5.50. The zero-order valence-corrected chi connectivity index (χ0v) is 15.5. The number of halogens is 4. The quantitative estimate of drug-likeness (QED) is 0.631. The number of carbonyl (C=O) groups is 1. The van der Waals surface area contributed by atoms with Crippen LogP contribution in [0, 0.1) is 23.3 Å². The molecule has 1 aromatic heterocycles. The molecule has 156 valence electrons. The highest BCUT2D eigenvalue weighted by molar-refractivity contribution is 5.93. The van der Waals surface area contributed by atoms with Crippen molar-refractivity contribution in [2.75, 3.05) is 0 Å². The van der Waals surface area contributed by atoms with Crippen LogP contribution in [0.2, 0.25) is 0 Å². The van der Waals surface area contributed by atoms with Crippen molar-refractivity contribution in [3.8, 4) is 5.69 Å². The third kappa shape index (κ3) is 3.15. The van der Waals surface area contributed by atoms with E-state index >= 15 is 4.39 Å². The summed E-state index contributed by atoms with van der Waals surface area (Å²) in [4.78, 5) is 24.1. The van der Waals surface area contributed by atoms with E-state index in [9.17, 15) is 27.9 Å². The van der Waals surface area contributed by atoms with E-state index in [1.165, 1.54) is 0 Å². The van der Waals surface area contributed by atoms with E-state index in [1.54, 1.807) is 0 Å². The van der Waals surface area contributed by atoms with E-state index in [0.29, 0.717) is 25.3 Å². The maximum atomic E-state index is 15.6. The zero-order valence-electron chi connectivity index (χ0n) is 15.5. The summed E-state index contributed by atoms with van der Waals surface area (Å²) in [7, 11) is 0. The van der Waals surface area contributed by atoms with E-state index in [4.69, 9.17) is 5.73 Å². The number of hydrogen-bond acceptors (Lipinski definition) is 3. The lowest BCUT2D eigenvalue weighted by atomic mass is 9.94. The molecule has 0 saturated heterocycles. The van der Waals surface area contributed by atoms with Gasteiger partial charge in [-0.2, -0.15) is 0 Å². The van der Waals surface area contributed by atoms with Gasteiger partial charge in [-0.3, -0.25) is 4.79 Å². The number of aromatic carboxylic acids is 1. The van der Waals surface area contributed by atoms with Crippen LogP contribution >= 0.6 is 0 Å². The fourth-order valence-electron chi connectivity index (χ4n) is 4.10. The van der Waals surface area contributed by atoms with Gasteiger partial charge in [-0.15, -0.1) is 0 Å². The van der Waals surface area contributed by atoms with Crippen molar-refractivity contribution >= 4 is 16.9 Å². The van der Waals surface area contributed by atoms with Crippen molar-refractivity contribution in [3.05, 3.63) is 75.1 Å². The van der Waals surface area contributed by atoms with Crippen LogP contribution in [0.5, 0.6) is 0 Å². The van der Waals surface area contributed by atoms with Gasteiger partial charge in [-0.05, 0) is 43.4 Å². The van der Waals surface area contributed by atoms with Crippen molar-refractivity contribution in [2.45, 2.75) is 31.2 Å². The van der Waals surface area contributed by atoms with Crippen molar-refractivity contribution in [1.82, 2.24) is 4.57 Å². The molecule has 2 aromatic carbocycles. The van der Waals surface area contributed by atoms with Gasteiger partial charge in [0.2, 0.25) is 5.43 Å². The summed E-state index contributed by atoms with van der Waals surface area (Å²) in [6.45, 7) is 0. The van der Waals surface area contributed by atoms with E-state index in [-0.39, 0.29) is 17.3 Å². The minimum atomic E-state index is -1.65. The number of pyridine rings is 1. The molecule has 0 aliphatic heterocycles. The highest BCUT2D eigenvalue weighted by Gasteiger charge is 2.31. The first-order valence-corrected chi connectivity index (χ1v) is 9.20. The minimum absolute atomic E-state index is 0.226. The molecule has 1 heterocycles. The number of nitrogens with two attached hydrogens (primary N) is 1. The Labute approximate surface area is 167 Å². The summed E-state index contributed by atoms with van der Waals surface area (Å²) in [5.41, 5.74) is 2.80. The van der Waals surface area contributed by atoms with Gasteiger partial charge in [0, 0.05) is 23.9 Å². The molecule has 2 unspecified atom stereocenters. The Morgan fingerprint density at radius 2 is 1.83 bits per heavy atom. The summed E-state index contributed by atoms with van der Waals surface area (Å²) in [5, 5.41) is 8.78. The summed E-state index contributed by atoms with van der Waals surface area (Å²) < 4.78 is 59.1. The monoisotopic (exact) mass is 420 g/mol. The first-order valence-electron chi connectivity index (χ1n) is 9.20. The number of fused-ring (bicyclic) bond motifs is 1. The first-order chi connectivity index (χ1) is 14.2. The first kappa shape index (κ1) is 20.1. The van der Waals surface area contributed by atoms with E-state index in [1.807, 2.05) is 0 Å². The molecule has 0 amide bonds. The number of carboxylic acid groups (broad SMARTS) is 1. The van der Waals surface area contributed by atoms with Crippen molar-refractivity contribution in [3.63, 3.8) is 0 Å². The Bertz CT molecular complexity index is 1260. The maximum absolute atomic E-state index is 15.6. The average Bonchev–Trinajstić information content (AvgIpc) is 3.08. The molecule has 5 nitrogen and oxygen atoms in total. The lowest BCUT2D eigenvalue weighted by molar-refractivity contribution is 0.0695. The minimum Gasteiger partial charge on any atom is -0.477 e. The van der Waals surface area contributed by atoms with Crippen molar-refractivity contribution in [2.24, 2.45) is 5.73 Å². The molecule has 1 aliphatic rings. The Morgan fingerprint density at radius 3 is 2.43 bits per heavy atom. The predicted molar refractivity (Wildman–Crippen MR) is 101 cm³/mol. The Balaban J connectivity index is 2.12. The van der Waals surface area contributed by atoms with E-state index in [0.717, 1.165) is 29.0 Å². The van der Waals surface area contributed by atoms with E-state index in [2.05, 4.69) is 0 Å². The van der Waals surface area contributed by atoms with Gasteiger partial charge in [0.15, 0.2) is 5.82 Å². The molecule has 3 aromatic rings. The summed E-state index contributed by atoms with van der Waals surface area (Å²) in [5.74, 6) is -6.28. The molecule has 2 atom stereocenters. The van der Waals surface area contributed by atoms with Crippen molar-refractivity contribution in [1.29, 1.82) is 0 Å². The largest absolute Gasteiger partial charge is 0.477 e. The number of rotatable bonds is 3. The van der Waals surface area contributed by atoms with Gasteiger partial charge < -0.3 is 15.4 Å². The van der Waals surface area contributed by atoms with Crippen LogP contribution < -0.4 is 11.2 Å². The predicted octanol–water partition coefficient (Wildman–Crippen LogP) is 3.84. The van der Waals surface area contributed by atoms with Gasteiger partial charge in [0.1, 0.15) is 23.0 Å². The molecule has 4 rings (SSSR count). The molecular formula is C21H16F4N2O3. The molecule has 3 N–H and O–H groups in total. The molecule has 1 fully saturated rings. The number of carboxylic acids is 1. The summed E-state index contributed by atoms with van der Waals surface area (Å²) in [6.07, 6.45) is 2.10. The van der Waals surface area contributed by atoms with Crippen LogP contribution in [0.3, 0.4) is 0 Å². The van der Waals surface area contributed by atoms with Crippen LogP contribution in [0.15, 0.2) is 35.3 Å². The molecule has 1 aliphatic carbocycles. The fourth-order valence-corrected chi connectivity index (χ4v) is 4.10. The average molecular weight is 420 g/mol. The third-order valence-electron chi connectivity index (χ3n) is 5.50. The lowest BCUT2D eigenvalue weighted by Gasteiger charge is -2.18. The fraction of sp³-hybridized carbons (Fsp3) is 0.238. The second-order valence-electron chi connectivity index (χ2n) is 7.40. The zero-order chi connectivity index (χ0) is 21.7. The van der Waals surface area contributed by atoms with E-state index < -0.39 is 57.1 Å². The molecule has 0 spiro atoms. The number of benzene rings is 2. The molecule has 0 bridgehead atoms. The highest BCUT2D eigenvalue weighted by Crippen LogP contribution is 2.39. The van der Waals surface area contributed by atoms with Gasteiger partial charge in [-0.25, -0.2) is 22.4 Å². The molecule has 0 radical (unpaired) electrons. The normalized spacial score (nSPS) is 18.8. The number of aromatic nitrogens is 1. The van der Waals surface area contributed by atoms with Gasteiger partial charge in [0.05, 0.1) is 16.6 Å². The molecule has 1 saturated carbocycles.